The summed E-state index contributed by atoms with van der Waals surface area (Å²) in [6.07, 6.45) is -4.79. The van der Waals surface area contributed by atoms with E-state index in [-0.39, 0.29) is 27.9 Å². The Labute approximate surface area is 287 Å². The van der Waals surface area contributed by atoms with Crippen LogP contribution in [0.25, 0.3) is 21.5 Å². The van der Waals surface area contributed by atoms with Crippen molar-refractivity contribution in [2.45, 2.75) is 85.4 Å². The van der Waals surface area contributed by atoms with E-state index in [1.54, 1.807) is 41.5 Å². The number of aromatic nitrogens is 3. The quantitative estimate of drug-likeness (QED) is 0.134. The van der Waals surface area contributed by atoms with Crippen LogP contribution in [0.5, 0.6) is 0 Å². The van der Waals surface area contributed by atoms with Crippen molar-refractivity contribution in [1.82, 2.24) is 13.7 Å². The van der Waals surface area contributed by atoms with Gasteiger partial charge in [-0.3, -0.25) is 36.9 Å². The average molecular weight is 749 g/mol. The standard InChI is InChI=1S/C31H37F4N4O7PS2/c1-10-22-18(24-25(41)37(8)28(42)38(9)26(24)49-22)14-23(40)36-27-39(16-44-47(43,45-29(2,3)4)46-30(5,6)7)21(15-48-27)17-11-12-19(20(32)13-17)31(33,34)35/h11-13,15H,10,14,16H2,1-9H3. The second kappa shape index (κ2) is 13.8. The number of hydrogen-bond acceptors (Lipinski definition) is 9. The molecule has 3 heterocycles. The summed E-state index contributed by atoms with van der Waals surface area (Å²) < 4.78 is 89.1. The van der Waals surface area contributed by atoms with Crippen LogP contribution in [0.3, 0.4) is 0 Å². The first kappa shape index (κ1) is 38.6. The Hall–Kier alpha value is -3.21. The Morgan fingerprint density at radius 2 is 1.61 bits per heavy atom. The zero-order valence-electron chi connectivity index (χ0n) is 28.4. The van der Waals surface area contributed by atoms with Crippen molar-refractivity contribution in [3.63, 3.8) is 0 Å². The predicted octanol–water partition coefficient (Wildman–Crippen LogP) is 6.93. The molecule has 0 aliphatic rings. The molecule has 49 heavy (non-hydrogen) atoms. The van der Waals surface area contributed by atoms with Gasteiger partial charge in [-0.25, -0.2) is 13.8 Å². The number of carbonyl (C=O) groups is 1. The SMILES string of the molecule is CCc1sc2c(c1CC(=O)N=c1scc(-c3ccc(C(F)(F)F)c(F)c3)n1COP(=O)(OC(C)(C)C)OC(C)(C)C)c(=O)n(C)c(=O)n2C. The minimum Gasteiger partial charge on any atom is -0.292 e. The molecule has 0 radical (unpaired) electrons. The number of carbonyl (C=O) groups excluding carboxylic acids is 1. The minimum absolute atomic E-state index is 0.0101. The highest BCUT2D eigenvalue weighted by molar-refractivity contribution is 7.48. The molecule has 0 aliphatic heterocycles. The summed E-state index contributed by atoms with van der Waals surface area (Å²) in [5.74, 6) is -2.23. The van der Waals surface area contributed by atoms with Crippen LogP contribution in [0.1, 0.15) is 64.5 Å². The normalized spacial score (nSPS) is 13.5. The molecular weight excluding hydrogens is 711 g/mol. The molecule has 4 aromatic rings. The monoisotopic (exact) mass is 748 g/mol. The van der Waals surface area contributed by atoms with Gasteiger partial charge in [0, 0.05) is 29.9 Å². The molecule has 4 rings (SSSR count). The van der Waals surface area contributed by atoms with E-state index in [2.05, 4.69) is 4.99 Å². The molecule has 0 atom stereocenters. The number of benzene rings is 1. The molecule has 3 aromatic heterocycles. The smallest absolute Gasteiger partial charge is 0.292 e. The van der Waals surface area contributed by atoms with Crippen LogP contribution in [0.15, 0.2) is 38.2 Å². The minimum atomic E-state index is -4.93. The van der Waals surface area contributed by atoms with Crippen LogP contribution in [0.2, 0.25) is 0 Å². The maximum Gasteiger partial charge on any atom is 0.477 e. The van der Waals surface area contributed by atoms with Gasteiger partial charge >= 0.3 is 19.7 Å². The fourth-order valence-corrected chi connectivity index (χ4v) is 8.70. The maximum absolute atomic E-state index is 14.7. The molecule has 0 spiro atoms. The maximum atomic E-state index is 14.7. The Balaban J connectivity index is 1.85. The van der Waals surface area contributed by atoms with Crippen LogP contribution in [-0.4, -0.2) is 30.8 Å². The van der Waals surface area contributed by atoms with Gasteiger partial charge in [-0.2, -0.15) is 18.2 Å². The molecule has 11 nitrogen and oxygen atoms in total. The van der Waals surface area contributed by atoms with Crippen LogP contribution >= 0.6 is 30.5 Å². The molecule has 0 fully saturated rings. The van der Waals surface area contributed by atoms with E-state index in [9.17, 15) is 36.5 Å². The van der Waals surface area contributed by atoms with Gasteiger partial charge in [0.2, 0.25) is 0 Å². The topological polar surface area (TPSA) is 123 Å². The number of thiazole rings is 1. The first-order valence-electron chi connectivity index (χ1n) is 14.9. The number of fused-ring (bicyclic) bond motifs is 1. The lowest BCUT2D eigenvalue weighted by Crippen LogP contribution is -2.36. The molecule has 268 valence electrons. The molecule has 18 heteroatoms. The summed E-state index contributed by atoms with van der Waals surface area (Å²) in [6, 6.07) is 2.33. The van der Waals surface area contributed by atoms with Crippen molar-refractivity contribution >= 4 is 46.6 Å². The molecule has 1 amide bonds. The van der Waals surface area contributed by atoms with Gasteiger partial charge in [-0.15, -0.1) is 22.7 Å². The Bertz CT molecular complexity index is 2130. The number of hydrogen-bond donors (Lipinski definition) is 0. The average Bonchev–Trinajstić information content (AvgIpc) is 3.52. The van der Waals surface area contributed by atoms with Gasteiger partial charge in [0.1, 0.15) is 17.4 Å². The number of phosphoric ester groups is 1. The van der Waals surface area contributed by atoms with Crippen molar-refractivity contribution in [1.29, 1.82) is 0 Å². The Kier molecular flexibility index (Phi) is 10.9. The number of nitrogens with zero attached hydrogens (tertiary/aromatic N) is 4. The Morgan fingerprint density at radius 1 is 1.00 bits per heavy atom. The highest BCUT2D eigenvalue weighted by atomic mass is 32.1. The third-order valence-electron chi connectivity index (χ3n) is 6.82. The van der Waals surface area contributed by atoms with Crippen molar-refractivity contribution < 1.29 is 40.5 Å². The molecule has 0 N–H and O–H groups in total. The van der Waals surface area contributed by atoms with E-state index in [1.165, 1.54) is 39.9 Å². The lowest BCUT2D eigenvalue weighted by Gasteiger charge is -2.31. The van der Waals surface area contributed by atoms with Gasteiger partial charge in [0.05, 0.1) is 34.3 Å². The van der Waals surface area contributed by atoms with Crippen LogP contribution < -0.4 is 16.1 Å². The van der Waals surface area contributed by atoms with E-state index in [4.69, 9.17) is 13.6 Å². The number of phosphoric acid groups is 1. The van der Waals surface area contributed by atoms with Gasteiger partial charge in [0.15, 0.2) is 4.80 Å². The van der Waals surface area contributed by atoms with Gasteiger partial charge in [0.25, 0.3) is 11.5 Å². The van der Waals surface area contributed by atoms with Crippen LogP contribution in [0, 0.1) is 5.82 Å². The fraction of sp³-hybridized carbons (Fsp3) is 0.484. The number of amides is 1. The largest absolute Gasteiger partial charge is 0.477 e. The zero-order chi connectivity index (χ0) is 36.9. The van der Waals surface area contributed by atoms with E-state index >= 15 is 0 Å². The third-order valence-corrected chi connectivity index (χ3v) is 11.1. The Morgan fingerprint density at radius 3 is 2.14 bits per heavy atom. The van der Waals surface area contributed by atoms with E-state index in [0.717, 1.165) is 22.0 Å². The van der Waals surface area contributed by atoms with Gasteiger partial charge in [-0.05, 0) is 65.7 Å². The highest BCUT2D eigenvalue weighted by Gasteiger charge is 2.38. The van der Waals surface area contributed by atoms with E-state index in [1.807, 2.05) is 6.92 Å². The molecule has 0 saturated carbocycles. The zero-order valence-corrected chi connectivity index (χ0v) is 30.9. The van der Waals surface area contributed by atoms with E-state index < -0.39 is 60.5 Å². The summed E-state index contributed by atoms with van der Waals surface area (Å²) in [6.45, 7) is 11.0. The fourth-order valence-electron chi connectivity index (χ4n) is 4.84. The second-order valence-corrected chi connectivity index (χ2v) is 16.5. The third kappa shape index (κ3) is 8.75. The van der Waals surface area contributed by atoms with Crippen molar-refractivity contribution in [2.75, 3.05) is 0 Å². The summed E-state index contributed by atoms with van der Waals surface area (Å²) in [5.41, 5.74) is -4.03. The molecule has 0 bridgehead atoms. The molecule has 1 aromatic carbocycles. The summed E-state index contributed by atoms with van der Waals surface area (Å²) in [5, 5.41) is 1.65. The predicted molar refractivity (Wildman–Crippen MR) is 179 cm³/mol. The molecular formula is C31H37F4N4O7PS2. The highest BCUT2D eigenvalue weighted by Crippen LogP contribution is 2.55. The first-order chi connectivity index (χ1) is 22.4. The van der Waals surface area contributed by atoms with Crippen LogP contribution in [0.4, 0.5) is 17.6 Å². The number of alkyl halides is 3. The lowest BCUT2D eigenvalue weighted by molar-refractivity contribution is -0.140. The molecule has 0 unspecified atom stereocenters. The number of rotatable bonds is 9. The number of aryl methyl sites for hydroxylation is 2. The lowest BCUT2D eigenvalue weighted by atomic mass is 10.1. The number of halogens is 4. The first-order valence-corrected chi connectivity index (χ1v) is 18.1. The van der Waals surface area contributed by atoms with Gasteiger partial charge in [-0.1, -0.05) is 13.0 Å². The van der Waals surface area contributed by atoms with Gasteiger partial charge < -0.3 is 0 Å². The molecule has 0 aliphatic carbocycles. The van der Waals surface area contributed by atoms with Crippen LogP contribution in [-0.2, 0) is 62.8 Å². The summed E-state index contributed by atoms with van der Waals surface area (Å²) in [7, 11) is -1.47. The molecule has 0 saturated heterocycles. The second-order valence-electron chi connectivity index (χ2n) is 13.1. The summed E-state index contributed by atoms with van der Waals surface area (Å²) >= 11 is 2.12. The van der Waals surface area contributed by atoms with Crippen molar-refractivity contribution in [3.8, 4) is 11.3 Å². The van der Waals surface area contributed by atoms with Crippen molar-refractivity contribution in [3.05, 3.63) is 71.0 Å². The number of thiophene rings is 1. The van der Waals surface area contributed by atoms with Crippen molar-refractivity contribution in [2.24, 2.45) is 19.1 Å². The van der Waals surface area contributed by atoms with E-state index in [0.29, 0.717) is 33.8 Å². The summed E-state index contributed by atoms with van der Waals surface area (Å²) in [4.78, 5) is 44.5.